The topological polar surface area (TPSA) is 75.7 Å². The number of anilines is 1. The van der Waals surface area contributed by atoms with Gasteiger partial charge in [-0.25, -0.2) is 12.8 Å². The third kappa shape index (κ3) is 6.65. The van der Waals surface area contributed by atoms with Crippen LogP contribution in [-0.2, 0) is 21.4 Å². The molecule has 0 aliphatic carbocycles. The molecule has 0 atom stereocenters. The van der Waals surface area contributed by atoms with E-state index in [1.54, 1.807) is 30.3 Å². The minimum atomic E-state index is -3.59. The first-order chi connectivity index (χ1) is 12.8. The molecule has 2 rings (SSSR count). The lowest BCUT2D eigenvalue weighted by molar-refractivity contribution is -0.116. The summed E-state index contributed by atoms with van der Waals surface area (Å²) in [7, 11) is -3.59. The third-order valence-electron chi connectivity index (χ3n) is 3.81. The highest BCUT2D eigenvalue weighted by Crippen LogP contribution is 2.16. The smallest absolute Gasteiger partial charge is 0.225 e. The van der Waals surface area contributed by atoms with E-state index in [0.717, 1.165) is 10.6 Å². The van der Waals surface area contributed by atoms with Gasteiger partial charge in [0.1, 0.15) is 11.6 Å². The Morgan fingerprint density at radius 3 is 2.41 bits per heavy atom. The van der Waals surface area contributed by atoms with Gasteiger partial charge in [-0.1, -0.05) is 18.2 Å². The zero-order valence-corrected chi connectivity index (χ0v) is 16.1. The molecule has 0 spiro atoms. The highest BCUT2D eigenvalue weighted by molar-refractivity contribution is 7.88. The van der Waals surface area contributed by atoms with E-state index >= 15 is 0 Å². The van der Waals surface area contributed by atoms with Gasteiger partial charge in [-0.05, 0) is 37.3 Å². The summed E-state index contributed by atoms with van der Waals surface area (Å²) in [6, 6.07) is 12.8. The summed E-state index contributed by atoms with van der Waals surface area (Å²) in [5.74, 6) is -0.116. The second kappa shape index (κ2) is 9.48. The molecule has 1 amide bonds. The van der Waals surface area contributed by atoms with Crippen LogP contribution in [0.25, 0.3) is 0 Å². The van der Waals surface area contributed by atoms with Crippen molar-refractivity contribution in [2.75, 3.05) is 24.7 Å². The van der Waals surface area contributed by atoms with E-state index in [-0.39, 0.29) is 31.0 Å². The van der Waals surface area contributed by atoms with Crippen molar-refractivity contribution < 1.29 is 22.3 Å². The summed E-state index contributed by atoms with van der Waals surface area (Å²) < 4.78 is 44.2. The summed E-state index contributed by atoms with van der Waals surface area (Å²) in [4.78, 5) is 12.1. The van der Waals surface area contributed by atoms with Gasteiger partial charge in [0.2, 0.25) is 15.9 Å². The van der Waals surface area contributed by atoms with E-state index in [2.05, 4.69) is 5.32 Å². The lowest BCUT2D eigenvalue weighted by atomic mass is 10.2. The molecule has 0 aromatic heterocycles. The van der Waals surface area contributed by atoms with Crippen LogP contribution < -0.4 is 10.1 Å². The fraction of sp³-hybridized carbons (Fsp3) is 0.316. The zero-order valence-electron chi connectivity index (χ0n) is 15.3. The quantitative estimate of drug-likeness (QED) is 0.709. The summed E-state index contributed by atoms with van der Waals surface area (Å²) in [5, 5.41) is 2.70. The van der Waals surface area contributed by atoms with Gasteiger partial charge in [0.15, 0.2) is 0 Å². The normalized spacial score (nSPS) is 11.4. The van der Waals surface area contributed by atoms with Crippen molar-refractivity contribution in [3.05, 3.63) is 59.9 Å². The molecule has 0 saturated heterocycles. The van der Waals surface area contributed by atoms with Crippen LogP contribution in [0.15, 0.2) is 48.5 Å². The van der Waals surface area contributed by atoms with E-state index in [1.165, 1.54) is 18.2 Å². The molecule has 2 aromatic carbocycles. The standard InChI is InChI=1S/C19H23FN2O4S/c1-3-26-17-10-8-16(9-11-17)21-19(23)12-13-22(27(2,24)25)14-15-6-4-5-7-18(15)20/h4-11H,3,12-14H2,1-2H3,(H,21,23). The number of sulfonamides is 1. The number of hydrogen-bond donors (Lipinski definition) is 1. The monoisotopic (exact) mass is 394 g/mol. The van der Waals surface area contributed by atoms with Crippen molar-refractivity contribution in [2.24, 2.45) is 0 Å². The van der Waals surface area contributed by atoms with Gasteiger partial charge < -0.3 is 10.1 Å². The van der Waals surface area contributed by atoms with Gasteiger partial charge in [-0.15, -0.1) is 0 Å². The molecule has 0 fully saturated rings. The van der Waals surface area contributed by atoms with Crippen molar-refractivity contribution in [3.8, 4) is 5.75 Å². The van der Waals surface area contributed by atoms with Crippen LogP contribution in [0.5, 0.6) is 5.75 Å². The molecule has 27 heavy (non-hydrogen) atoms. The molecular formula is C19H23FN2O4S. The Kier molecular flexibility index (Phi) is 7.32. The molecule has 0 aliphatic rings. The van der Waals surface area contributed by atoms with Crippen molar-refractivity contribution >= 4 is 21.6 Å². The average Bonchev–Trinajstić information content (AvgIpc) is 2.61. The van der Waals surface area contributed by atoms with Crippen molar-refractivity contribution in [2.45, 2.75) is 19.9 Å². The minimum Gasteiger partial charge on any atom is -0.494 e. The predicted octanol–water partition coefficient (Wildman–Crippen LogP) is 3.01. The van der Waals surface area contributed by atoms with Crippen LogP contribution in [0, 0.1) is 5.82 Å². The molecule has 6 nitrogen and oxygen atoms in total. The number of nitrogens with one attached hydrogen (secondary N) is 1. The van der Waals surface area contributed by atoms with Crippen molar-refractivity contribution in [1.82, 2.24) is 4.31 Å². The third-order valence-corrected chi connectivity index (χ3v) is 5.06. The maximum Gasteiger partial charge on any atom is 0.225 e. The summed E-state index contributed by atoms with van der Waals surface area (Å²) in [6.45, 7) is 2.26. The Labute approximate surface area is 159 Å². The lowest BCUT2D eigenvalue weighted by Gasteiger charge is -2.20. The van der Waals surface area contributed by atoms with Crippen LogP contribution in [0.3, 0.4) is 0 Å². The van der Waals surface area contributed by atoms with Crippen molar-refractivity contribution in [1.29, 1.82) is 0 Å². The number of benzene rings is 2. The van der Waals surface area contributed by atoms with Gasteiger partial charge in [0.25, 0.3) is 0 Å². The second-order valence-corrected chi connectivity index (χ2v) is 7.93. The Morgan fingerprint density at radius 2 is 1.81 bits per heavy atom. The molecule has 0 aliphatic heterocycles. The fourth-order valence-electron chi connectivity index (χ4n) is 2.43. The number of nitrogens with zero attached hydrogens (tertiary/aromatic N) is 1. The Morgan fingerprint density at radius 1 is 1.15 bits per heavy atom. The molecule has 2 aromatic rings. The number of hydrogen-bond acceptors (Lipinski definition) is 4. The molecule has 0 saturated carbocycles. The van der Waals surface area contributed by atoms with Crippen LogP contribution in [0.4, 0.5) is 10.1 Å². The van der Waals surface area contributed by atoms with Gasteiger partial charge >= 0.3 is 0 Å². The maximum atomic E-state index is 13.8. The molecule has 146 valence electrons. The first-order valence-electron chi connectivity index (χ1n) is 8.51. The summed E-state index contributed by atoms with van der Waals surface area (Å²) in [6.07, 6.45) is 0.993. The molecule has 0 bridgehead atoms. The highest BCUT2D eigenvalue weighted by Gasteiger charge is 2.19. The van der Waals surface area contributed by atoms with E-state index < -0.39 is 15.8 Å². The summed E-state index contributed by atoms with van der Waals surface area (Å²) >= 11 is 0. The minimum absolute atomic E-state index is 0.0456. The van der Waals surface area contributed by atoms with Crippen LogP contribution in [0.2, 0.25) is 0 Å². The van der Waals surface area contributed by atoms with E-state index in [0.29, 0.717) is 18.0 Å². The Bertz CT molecular complexity index is 870. The van der Waals surface area contributed by atoms with Gasteiger partial charge in [-0.2, -0.15) is 4.31 Å². The molecule has 1 N–H and O–H groups in total. The van der Waals surface area contributed by atoms with Crippen LogP contribution in [-0.4, -0.2) is 38.0 Å². The number of rotatable bonds is 9. The zero-order chi connectivity index (χ0) is 19.9. The second-order valence-electron chi connectivity index (χ2n) is 5.94. The van der Waals surface area contributed by atoms with Crippen LogP contribution >= 0.6 is 0 Å². The molecular weight excluding hydrogens is 371 g/mol. The first kappa shape index (κ1) is 20.9. The van der Waals surface area contributed by atoms with Gasteiger partial charge in [-0.3, -0.25) is 4.79 Å². The SMILES string of the molecule is CCOc1ccc(NC(=O)CCN(Cc2ccccc2F)S(C)(=O)=O)cc1. The van der Waals surface area contributed by atoms with Gasteiger partial charge in [0, 0.05) is 30.8 Å². The fourth-order valence-corrected chi connectivity index (χ4v) is 3.23. The predicted molar refractivity (Wildman–Crippen MR) is 103 cm³/mol. The van der Waals surface area contributed by atoms with Gasteiger partial charge in [0.05, 0.1) is 12.9 Å². The number of amides is 1. The summed E-state index contributed by atoms with van der Waals surface area (Å²) in [5.41, 5.74) is 0.846. The largest absolute Gasteiger partial charge is 0.494 e. The Hall–Kier alpha value is -2.45. The number of halogens is 1. The molecule has 0 radical (unpaired) electrons. The van der Waals surface area contributed by atoms with Crippen molar-refractivity contribution in [3.63, 3.8) is 0 Å². The number of carbonyl (C=O) groups excluding carboxylic acids is 1. The first-order valence-corrected chi connectivity index (χ1v) is 10.4. The number of ether oxygens (including phenoxy) is 1. The van der Waals surface area contributed by atoms with E-state index in [9.17, 15) is 17.6 Å². The number of carbonyl (C=O) groups is 1. The maximum absolute atomic E-state index is 13.8. The van der Waals surface area contributed by atoms with E-state index in [1.807, 2.05) is 6.92 Å². The van der Waals surface area contributed by atoms with Crippen LogP contribution in [0.1, 0.15) is 18.9 Å². The van der Waals surface area contributed by atoms with E-state index in [4.69, 9.17) is 4.74 Å². The average molecular weight is 394 g/mol. The molecule has 0 heterocycles. The molecule has 0 unspecified atom stereocenters. The Balaban J connectivity index is 1.96. The highest BCUT2D eigenvalue weighted by atomic mass is 32.2. The lowest BCUT2D eigenvalue weighted by Crippen LogP contribution is -2.32. The molecule has 8 heteroatoms.